The Bertz CT molecular complexity index is 1780. The number of hydrogen-bond donors (Lipinski definition) is 3. The van der Waals surface area contributed by atoms with Crippen LogP contribution >= 0.6 is 11.8 Å². The lowest BCUT2D eigenvalue weighted by Gasteiger charge is -2.13. The van der Waals surface area contributed by atoms with E-state index >= 15 is 0 Å². The Morgan fingerprint density at radius 3 is 2.45 bits per heavy atom. The van der Waals surface area contributed by atoms with Crippen molar-refractivity contribution in [1.29, 1.82) is 0 Å². The zero-order valence-corrected chi connectivity index (χ0v) is 24.9. The number of benzene rings is 3. The van der Waals surface area contributed by atoms with Crippen LogP contribution in [0.15, 0.2) is 88.9 Å². The minimum Gasteiger partial charge on any atom is -0.494 e. The first-order valence-corrected chi connectivity index (χ1v) is 15.9. The van der Waals surface area contributed by atoms with Crippen LogP contribution in [-0.4, -0.2) is 43.2 Å². The van der Waals surface area contributed by atoms with E-state index in [4.69, 9.17) is 4.74 Å². The summed E-state index contributed by atoms with van der Waals surface area (Å²) < 4.78 is 35.6. The number of amides is 1. The molecule has 2 aromatic heterocycles. The molecular formula is C31H31N5O4S2. The van der Waals surface area contributed by atoms with Crippen LogP contribution in [0.2, 0.25) is 0 Å². The maximum Gasteiger partial charge on any atom is 0.263 e. The Morgan fingerprint density at radius 1 is 0.976 bits per heavy atom. The molecule has 0 bridgehead atoms. The molecule has 9 nitrogen and oxygen atoms in total. The first-order valence-electron chi connectivity index (χ1n) is 13.4. The second kappa shape index (κ2) is 13.1. The van der Waals surface area contributed by atoms with Crippen molar-refractivity contribution in [3.05, 3.63) is 95.7 Å². The fraction of sp³-hybridized carbons (Fsp3) is 0.194. The fourth-order valence-corrected chi connectivity index (χ4v) is 7.09. The molecular weight excluding hydrogens is 571 g/mol. The summed E-state index contributed by atoms with van der Waals surface area (Å²) >= 11 is 1.48. The highest BCUT2D eigenvalue weighted by molar-refractivity contribution is 7.98. The molecule has 2 heterocycles. The van der Waals surface area contributed by atoms with Gasteiger partial charge in [-0.1, -0.05) is 66.4 Å². The first kappa shape index (κ1) is 29.2. The number of aryl methyl sites for hydroxylation is 2. The van der Waals surface area contributed by atoms with E-state index in [9.17, 15) is 13.2 Å². The lowest BCUT2D eigenvalue weighted by Crippen LogP contribution is -2.16. The van der Waals surface area contributed by atoms with Crippen molar-refractivity contribution in [2.24, 2.45) is 0 Å². The SMILES string of the molecule is Cc1cccc(C)c1S(=O)(=O)Nc1[nH]nc(SCc2ccc(OCCCNC=O)cc2)c1-c1cc2ccccc2cn1. The summed E-state index contributed by atoms with van der Waals surface area (Å²) in [4.78, 5) is 15.3. The third-order valence-electron chi connectivity index (χ3n) is 6.65. The highest BCUT2D eigenvalue weighted by atomic mass is 32.2. The van der Waals surface area contributed by atoms with Gasteiger partial charge in [0.2, 0.25) is 6.41 Å². The monoisotopic (exact) mass is 601 g/mol. The predicted molar refractivity (Wildman–Crippen MR) is 166 cm³/mol. The molecule has 216 valence electrons. The first-order chi connectivity index (χ1) is 20.4. The lowest BCUT2D eigenvalue weighted by atomic mass is 10.1. The number of pyridine rings is 1. The van der Waals surface area contributed by atoms with E-state index in [1.54, 1.807) is 32.2 Å². The zero-order valence-electron chi connectivity index (χ0n) is 23.3. The van der Waals surface area contributed by atoms with Crippen molar-refractivity contribution >= 4 is 44.8 Å². The highest BCUT2D eigenvalue weighted by Gasteiger charge is 2.25. The van der Waals surface area contributed by atoms with Gasteiger partial charge in [-0.2, -0.15) is 5.10 Å². The molecule has 0 saturated carbocycles. The fourth-order valence-electron chi connectivity index (χ4n) is 4.63. The second-order valence-corrected chi connectivity index (χ2v) is 12.3. The van der Waals surface area contributed by atoms with Gasteiger partial charge in [0.05, 0.1) is 22.8 Å². The van der Waals surface area contributed by atoms with Gasteiger partial charge in [0, 0.05) is 23.9 Å². The molecule has 3 N–H and O–H groups in total. The van der Waals surface area contributed by atoms with Crippen LogP contribution in [0.25, 0.3) is 22.0 Å². The number of thioether (sulfide) groups is 1. The summed E-state index contributed by atoms with van der Waals surface area (Å²) in [7, 11) is -3.91. The molecule has 5 aromatic rings. The number of aromatic amines is 1. The molecule has 0 spiro atoms. The molecule has 0 aliphatic rings. The predicted octanol–water partition coefficient (Wildman–Crippen LogP) is 5.85. The van der Waals surface area contributed by atoms with Crippen LogP contribution in [0, 0.1) is 13.8 Å². The molecule has 0 atom stereocenters. The highest BCUT2D eigenvalue weighted by Crippen LogP contribution is 2.38. The average molecular weight is 602 g/mol. The standard InChI is InChI=1S/C31H31N5O4S2/c1-21-7-5-8-22(2)29(21)42(38,39)36-30-28(27-17-24-9-3-4-10-25(24)18-33-27)31(35-34-30)41-19-23-11-13-26(14-12-23)40-16-6-15-32-20-37/h3-5,7-14,17-18,20H,6,15-16,19H2,1-2H3,(H,32,37)(H2,34,35,36). The molecule has 11 heteroatoms. The van der Waals surface area contributed by atoms with E-state index in [1.807, 2.05) is 60.7 Å². The second-order valence-electron chi connectivity index (χ2n) is 9.73. The van der Waals surface area contributed by atoms with Gasteiger partial charge >= 0.3 is 0 Å². The van der Waals surface area contributed by atoms with Crippen LogP contribution in [-0.2, 0) is 20.6 Å². The summed E-state index contributed by atoms with van der Waals surface area (Å²) in [5.74, 6) is 1.60. The topological polar surface area (TPSA) is 126 Å². The van der Waals surface area contributed by atoms with E-state index in [2.05, 4.69) is 25.2 Å². The van der Waals surface area contributed by atoms with Crippen molar-refractivity contribution < 1.29 is 17.9 Å². The number of rotatable bonds is 13. The van der Waals surface area contributed by atoms with Gasteiger partial charge in [-0.25, -0.2) is 8.42 Å². The molecule has 0 saturated heterocycles. The normalized spacial score (nSPS) is 11.4. The number of carbonyl (C=O) groups is 1. The van der Waals surface area contributed by atoms with Gasteiger partial charge in [-0.05, 0) is 60.5 Å². The van der Waals surface area contributed by atoms with E-state index in [-0.39, 0.29) is 10.7 Å². The Labute approximate surface area is 249 Å². The van der Waals surface area contributed by atoms with Crippen molar-refractivity contribution in [2.45, 2.75) is 35.9 Å². The minimum absolute atomic E-state index is 0.244. The number of aromatic nitrogens is 3. The maximum atomic E-state index is 13.6. The largest absolute Gasteiger partial charge is 0.494 e. The molecule has 1 amide bonds. The zero-order chi connectivity index (χ0) is 29.5. The minimum atomic E-state index is -3.91. The Kier molecular flexibility index (Phi) is 9.09. The Hall–Kier alpha value is -4.35. The Morgan fingerprint density at radius 2 is 1.71 bits per heavy atom. The summed E-state index contributed by atoms with van der Waals surface area (Å²) in [5, 5.41) is 12.6. The summed E-state index contributed by atoms with van der Waals surface area (Å²) in [5.41, 5.74) is 3.56. The van der Waals surface area contributed by atoms with E-state index < -0.39 is 10.0 Å². The van der Waals surface area contributed by atoms with Gasteiger partial charge in [-0.15, -0.1) is 0 Å². The number of carbonyl (C=O) groups excluding carboxylic acids is 1. The van der Waals surface area contributed by atoms with Gasteiger partial charge in [0.15, 0.2) is 0 Å². The van der Waals surface area contributed by atoms with Gasteiger partial charge in [0.1, 0.15) is 16.6 Å². The maximum absolute atomic E-state index is 13.6. The van der Waals surface area contributed by atoms with Gasteiger partial charge < -0.3 is 10.1 Å². The number of nitrogens with zero attached hydrogens (tertiary/aromatic N) is 2. The summed E-state index contributed by atoms with van der Waals surface area (Å²) in [6, 6.07) is 23.0. The number of fused-ring (bicyclic) bond motifs is 1. The molecule has 0 aliphatic carbocycles. The van der Waals surface area contributed by atoms with E-state index in [0.29, 0.717) is 52.7 Å². The van der Waals surface area contributed by atoms with Crippen LogP contribution < -0.4 is 14.8 Å². The number of sulfonamides is 1. The number of H-pyrrole nitrogens is 1. The van der Waals surface area contributed by atoms with E-state index in [1.165, 1.54) is 11.8 Å². The number of anilines is 1. The molecule has 5 rings (SSSR count). The summed E-state index contributed by atoms with van der Waals surface area (Å²) in [6.45, 7) is 4.63. The molecule has 0 radical (unpaired) electrons. The molecule has 42 heavy (non-hydrogen) atoms. The van der Waals surface area contributed by atoms with Gasteiger partial charge in [0.25, 0.3) is 10.0 Å². The van der Waals surface area contributed by atoms with Crippen molar-refractivity contribution in [1.82, 2.24) is 20.5 Å². The smallest absolute Gasteiger partial charge is 0.263 e. The van der Waals surface area contributed by atoms with Crippen LogP contribution in [0.1, 0.15) is 23.1 Å². The quantitative estimate of drug-likeness (QED) is 0.0878. The molecule has 3 aromatic carbocycles. The van der Waals surface area contributed by atoms with E-state index in [0.717, 1.165) is 28.5 Å². The number of hydrogen-bond acceptors (Lipinski definition) is 7. The third-order valence-corrected chi connectivity index (χ3v) is 9.35. The average Bonchev–Trinajstić information content (AvgIpc) is 3.37. The van der Waals surface area contributed by atoms with Crippen LogP contribution in [0.5, 0.6) is 5.75 Å². The third kappa shape index (κ3) is 6.75. The van der Waals surface area contributed by atoms with Crippen molar-refractivity contribution in [3.63, 3.8) is 0 Å². The van der Waals surface area contributed by atoms with Crippen molar-refractivity contribution in [2.75, 3.05) is 17.9 Å². The van der Waals surface area contributed by atoms with Crippen LogP contribution in [0.4, 0.5) is 5.82 Å². The molecule has 0 unspecified atom stereocenters. The lowest BCUT2D eigenvalue weighted by molar-refractivity contribution is -0.109. The Balaban J connectivity index is 1.41. The molecule has 0 aliphatic heterocycles. The number of nitrogens with one attached hydrogen (secondary N) is 3. The van der Waals surface area contributed by atoms with Gasteiger partial charge in [-0.3, -0.25) is 19.6 Å². The molecule has 0 fully saturated rings. The van der Waals surface area contributed by atoms with Crippen molar-refractivity contribution in [3.8, 4) is 17.0 Å². The number of ether oxygens (including phenoxy) is 1. The van der Waals surface area contributed by atoms with Crippen LogP contribution in [0.3, 0.4) is 0 Å². The summed E-state index contributed by atoms with van der Waals surface area (Å²) in [6.07, 6.45) is 3.18.